The molecule has 1 atom stereocenters. The number of benzene rings is 1. The summed E-state index contributed by atoms with van der Waals surface area (Å²) in [5.74, 6) is 0.647. The molecule has 182 valence electrons. The fraction of sp³-hybridized carbons (Fsp3) is 0.667. The van der Waals surface area contributed by atoms with E-state index in [9.17, 15) is 18.0 Å². The Hall–Kier alpha value is -2.29. The van der Waals surface area contributed by atoms with Crippen molar-refractivity contribution in [3.8, 4) is 11.5 Å². The summed E-state index contributed by atoms with van der Waals surface area (Å²) in [7, 11) is -3.12. The molecule has 2 fully saturated rings. The van der Waals surface area contributed by atoms with Crippen molar-refractivity contribution in [3.63, 3.8) is 0 Å². The minimum absolute atomic E-state index is 0.0163. The Kier molecular flexibility index (Phi) is 7.16. The molecule has 9 heteroatoms. The highest BCUT2D eigenvalue weighted by atomic mass is 32.2. The highest BCUT2D eigenvalue weighted by Gasteiger charge is 2.45. The van der Waals surface area contributed by atoms with Gasteiger partial charge in [-0.3, -0.25) is 9.59 Å². The van der Waals surface area contributed by atoms with Gasteiger partial charge in [0, 0.05) is 12.6 Å². The average Bonchev–Trinajstić information content (AvgIpc) is 3.45. The second-order valence-corrected chi connectivity index (χ2v) is 11.5. The molecule has 2 heterocycles. The normalized spacial score (nSPS) is 22.6. The van der Waals surface area contributed by atoms with Gasteiger partial charge in [0.05, 0.1) is 16.9 Å². The van der Waals surface area contributed by atoms with Crippen LogP contribution in [0.5, 0.6) is 11.5 Å². The molecule has 0 bridgehead atoms. The zero-order valence-electron chi connectivity index (χ0n) is 19.2. The zero-order chi connectivity index (χ0) is 23.5. The van der Waals surface area contributed by atoms with Crippen LogP contribution in [0.15, 0.2) is 18.2 Å². The van der Waals surface area contributed by atoms with Crippen molar-refractivity contribution in [2.24, 2.45) is 0 Å². The lowest BCUT2D eigenvalue weighted by atomic mass is 9.78. The van der Waals surface area contributed by atoms with E-state index in [2.05, 4.69) is 0 Å². The predicted octanol–water partition coefficient (Wildman–Crippen LogP) is 2.63. The Morgan fingerprint density at radius 1 is 1.15 bits per heavy atom. The summed E-state index contributed by atoms with van der Waals surface area (Å²) in [5.41, 5.74) is 0.0209. The van der Waals surface area contributed by atoms with Gasteiger partial charge in [0.2, 0.25) is 0 Å². The van der Waals surface area contributed by atoms with Crippen LogP contribution in [-0.4, -0.2) is 69.1 Å². The molecule has 0 spiro atoms. The number of hydrogen-bond acceptors (Lipinski definition) is 7. The fourth-order valence-corrected chi connectivity index (χ4v) is 6.87. The molecule has 1 aromatic carbocycles. The molecule has 1 amide bonds. The smallest absolute Gasteiger partial charge is 0.317 e. The third kappa shape index (κ3) is 5.13. The number of rotatable bonds is 8. The van der Waals surface area contributed by atoms with E-state index in [1.54, 1.807) is 4.90 Å². The number of nitrogens with zero attached hydrogens (tertiary/aromatic N) is 1. The molecule has 0 aromatic heterocycles. The zero-order valence-corrected chi connectivity index (χ0v) is 20.0. The third-order valence-corrected chi connectivity index (χ3v) is 8.74. The van der Waals surface area contributed by atoms with Crippen molar-refractivity contribution in [2.75, 3.05) is 37.9 Å². The number of ether oxygens (including phenoxy) is 3. The molecule has 3 aliphatic rings. The van der Waals surface area contributed by atoms with E-state index in [1.807, 2.05) is 25.1 Å². The molecule has 1 saturated heterocycles. The van der Waals surface area contributed by atoms with Crippen LogP contribution in [-0.2, 0) is 29.6 Å². The number of hydrogen-bond donors (Lipinski definition) is 0. The van der Waals surface area contributed by atoms with Crippen molar-refractivity contribution in [1.82, 2.24) is 4.90 Å². The Morgan fingerprint density at radius 3 is 2.55 bits per heavy atom. The highest BCUT2D eigenvalue weighted by Crippen LogP contribution is 2.45. The molecule has 2 aliphatic heterocycles. The first kappa shape index (κ1) is 23.9. The lowest BCUT2D eigenvalue weighted by Crippen LogP contribution is -2.45. The Balaban J connectivity index is 1.46. The summed E-state index contributed by atoms with van der Waals surface area (Å²) in [4.78, 5) is 28.0. The monoisotopic (exact) mass is 479 g/mol. The standard InChI is InChI=1S/C24H33NO7S/c1-2-3-11-25(19-8-14-33(28,29)17-19)22(26)16-32-23(27)24(9-4-5-10-24)18-6-7-20-21(15-18)31-13-12-30-20/h6-7,15,19H,2-5,8-14,16-17H2,1H3. The molecule has 0 radical (unpaired) electrons. The first-order valence-electron chi connectivity index (χ1n) is 11.9. The van der Waals surface area contributed by atoms with E-state index in [4.69, 9.17) is 14.2 Å². The molecular weight excluding hydrogens is 446 g/mol. The van der Waals surface area contributed by atoms with Gasteiger partial charge in [-0.2, -0.15) is 0 Å². The molecule has 1 aliphatic carbocycles. The Labute approximate surface area is 195 Å². The van der Waals surface area contributed by atoms with Crippen molar-refractivity contribution < 1.29 is 32.2 Å². The van der Waals surface area contributed by atoms with Crippen molar-refractivity contribution in [2.45, 2.75) is 63.3 Å². The van der Waals surface area contributed by atoms with Crippen LogP contribution in [0.2, 0.25) is 0 Å². The number of amides is 1. The highest BCUT2D eigenvalue weighted by molar-refractivity contribution is 7.91. The number of fused-ring (bicyclic) bond motifs is 1. The van der Waals surface area contributed by atoms with Crippen molar-refractivity contribution in [1.29, 1.82) is 0 Å². The SMILES string of the molecule is CCCCN(C(=O)COC(=O)C1(c2ccc3c(c2)OCCO3)CCCC1)C1CCS(=O)(=O)C1. The average molecular weight is 480 g/mol. The molecule has 1 unspecified atom stereocenters. The Bertz CT molecular complexity index is 985. The van der Waals surface area contributed by atoms with Gasteiger partial charge in [0.15, 0.2) is 27.9 Å². The molecule has 33 heavy (non-hydrogen) atoms. The van der Waals surface area contributed by atoms with Gasteiger partial charge in [0.25, 0.3) is 5.91 Å². The number of sulfone groups is 1. The number of carbonyl (C=O) groups excluding carboxylic acids is 2. The molecule has 8 nitrogen and oxygen atoms in total. The molecular formula is C24H33NO7S. The second-order valence-electron chi connectivity index (χ2n) is 9.22. The maximum Gasteiger partial charge on any atom is 0.317 e. The van der Waals surface area contributed by atoms with Gasteiger partial charge in [-0.1, -0.05) is 32.3 Å². The number of carbonyl (C=O) groups is 2. The summed E-state index contributed by atoms with van der Waals surface area (Å²) < 4.78 is 40.8. The lowest BCUT2D eigenvalue weighted by molar-refractivity contribution is -0.157. The van der Waals surface area contributed by atoms with Crippen molar-refractivity contribution >= 4 is 21.7 Å². The molecule has 1 saturated carbocycles. The van der Waals surface area contributed by atoms with Crippen LogP contribution < -0.4 is 9.47 Å². The van der Waals surface area contributed by atoms with Crippen LogP contribution in [0, 0.1) is 0 Å². The van der Waals surface area contributed by atoms with Crippen LogP contribution in [0.3, 0.4) is 0 Å². The van der Waals surface area contributed by atoms with Gasteiger partial charge in [-0.25, -0.2) is 8.42 Å². The number of esters is 1. The van der Waals surface area contributed by atoms with Gasteiger partial charge >= 0.3 is 5.97 Å². The minimum atomic E-state index is -3.12. The van der Waals surface area contributed by atoms with Gasteiger partial charge < -0.3 is 19.1 Å². The third-order valence-electron chi connectivity index (χ3n) is 6.99. The second kappa shape index (κ2) is 9.91. The first-order chi connectivity index (χ1) is 15.8. The summed E-state index contributed by atoms with van der Waals surface area (Å²) in [6.45, 7) is 3.09. The predicted molar refractivity (Wildman–Crippen MR) is 122 cm³/mol. The van der Waals surface area contributed by atoms with E-state index < -0.39 is 21.2 Å². The van der Waals surface area contributed by atoms with Crippen molar-refractivity contribution in [3.05, 3.63) is 23.8 Å². The van der Waals surface area contributed by atoms with E-state index in [0.717, 1.165) is 31.2 Å². The van der Waals surface area contributed by atoms with Gasteiger partial charge in [-0.15, -0.1) is 0 Å². The fourth-order valence-electron chi connectivity index (χ4n) is 5.14. The number of unbranched alkanes of at least 4 members (excludes halogenated alkanes) is 1. The Morgan fingerprint density at radius 2 is 1.88 bits per heavy atom. The van der Waals surface area contributed by atoms with Gasteiger partial charge in [-0.05, 0) is 43.4 Å². The molecule has 4 rings (SSSR count). The molecule has 0 N–H and O–H groups in total. The largest absolute Gasteiger partial charge is 0.486 e. The summed E-state index contributed by atoms with van der Waals surface area (Å²) in [6.07, 6.45) is 5.21. The van der Waals surface area contributed by atoms with Crippen LogP contribution in [0.25, 0.3) is 0 Å². The van der Waals surface area contributed by atoms with Crippen LogP contribution in [0.1, 0.15) is 57.4 Å². The van der Waals surface area contributed by atoms with E-state index in [0.29, 0.717) is 50.5 Å². The summed E-state index contributed by atoms with van der Waals surface area (Å²) in [6, 6.07) is 5.24. The molecule has 1 aromatic rings. The lowest BCUT2D eigenvalue weighted by Gasteiger charge is -2.31. The van der Waals surface area contributed by atoms with Crippen LogP contribution in [0.4, 0.5) is 0 Å². The quantitative estimate of drug-likeness (QED) is 0.529. The minimum Gasteiger partial charge on any atom is -0.486 e. The summed E-state index contributed by atoms with van der Waals surface area (Å²) in [5, 5.41) is 0. The maximum absolute atomic E-state index is 13.3. The topological polar surface area (TPSA) is 99.2 Å². The summed E-state index contributed by atoms with van der Waals surface area (Å²) >= 11 is 0. The van der Waals surface area contributed by atoms with E-state index in [1.165, 1.54) is 0 Å². The van der Waals surface area contributed by atoms with E-state index >= 15 is 0 Å². The first-order valence-corrected chi connectivity index (χ1v) is 13.7. The van der Waals surface area contributed by atoms with Crippen LogP contribution >= 0.6 is 0 Å². The van der Waals surface area contributed by atoms with E-state index in [-0.39, 0.29) is 30.1 Å². The van der Waals surface area contributed by atoms with Gasteiger partial charge in [0.1, 0.15) is 13.2 Å². The maximum atomic E-state index is 13.3.